The number of nitrogens with two attached hydrogens (primary N) is 1. The van der Waals surface area contributed by atoms with Gasteiger partial charge in [-0.25, -0.2) is 8.42 Å². The summed E-state index contributed by atoms with van der Waals surface area (Å²) in [5.41, 5.74) is 5.70. The highest BCUT2D eigenvalue weighted by molar-refractivity contribution is 14.0. The molecule has 0 unspecified atom stereocenters. The van der Waals surface area contributed by atoms with Crippen LogP contribution in [-0.4, -0.2) is 38.0 Å². The molecule has 0 aliphatic heterocycles. The molecule has 1 heterocycles. The number of nitrogens with zero attached hydrogens (tertiary/aromatic N) is 1. The van der Waals surface area contributed by atoms with Crippen LogP contribution in [0, 0.1) is 0 Å². The number of nitrogens with one attached hydrogen (secondary N) is 1. The number of thiophene rings is 1. The number of aliphatic imine (C=N–C) groups is 1. The van der Waals surface area contributed by atoms with Crippen LogP contribution in [0.5, 0.6) is 0 Å². The third-order valence-electron chi connectivity index (χ3n) is 2.83. The van der Waals surface area contributed by atoms with Gasteiger partial charge in [-0.3, -0.25) is 4.99 Å². The summed E-state index contributed by atoms with van der Waals surface area (Å²) in [4.78, 5) is 5.33. The zero-order chi connectivity index (χ0) is 15.2. The average Bonchev–Trinajstić information content (AvgIpc) is 2.80. The Morgan fingerprint density at radius 3 is 2.62 bits per heavy atom. The van der Waals surface area contributed by atoms with Crippen molar-refractivity contribution in [2.45, 2.75) is 31.9 Å². The first-order chi connectivity index (χ1) is 9.22. The second-order valence-electron chi connectivity index (χ2n) is 5.45. The minimum atomic E-state index is -3.14. The van der Waals surface area contributed by atoms with Gasteiger partial charge in [-0.05, 0) is 38.6 Å². The molecule has 0 spiro atoms. The van der Waals surface area contributed by atoms with Crippen molar-refractivity contribution in [1.82, 2.24) is 5.32 Å². The van der Waals surface area contributed by atoms with E-state index in [0.29, 0.717) is 12.5 Å². The second-order valence-corrected chi connectivity index (χ2v) is 9.35. The van der Waals surface area contributed by atoms with Crippen LogP contribution >= 0.6 is 35.3 Å². The summed E-state index contributed by atoms with van der Waals surface area (Å²) in [6, 6.07) is 4.07. The van der Waals surface area contributed by atoms with Crippen LogP contribution in [0.15, 0.2) is 22.5 Å². The van der Waals surface area contributed by atoms with E-state index in [9.17, 15) is 8.42 Å². The van der Waals surface area contributed by atoms with Crippen LogP contribution in [0.3, 0.4) is 0 Å². The first kappa shape index (κ1) is 20.6. The number of sulfone groups is 1. The van der Waals surface area contributed by atoms with Gasteiger partial charge in [0.05, 0.1) is 17.0 Å². The number of halogens is 1. The molecule has 0 radical (unpaired) electrons. The SMILES string of the molecule is CC(C)(C)S(=O)(=O)CCN=C(N)NCCc1cccs1.I. The molecule has 0 saturated heterocycles. The molecule has 1 rings (SSSR count). The summed E-state index contributed by atoms with van der Waals surface area (Å²) in [7, 11) is -3.14. The van der Waals surface area contributed by atoms with Crippen LogP contribution in [0.1, 0.15) is 25.6 Å². The molecule has 0 bridgehead atoms. The van der Waals surface area contributed by atoms with Crippen LogP contribution in [0.25, 0.3) is 0 Å². The standard InChI is InChI=1S/C13H23N3O2S2.HI/c1-13(2,3)20(17,18)10-8-16-12(14)15-7-6-11-5-4-9-19-11;/h4-5,9H,6-8,10H2,1-3H3,(H3,14,15,16);1H. The second kappa shape index (κ2) is 8.94. The summed E-state index contributed by atoms with van der Waals surface area (Å²) in [6.07, 6.45) is 0.883. The average molecular weight is 445 g/mol. The van der Waals surface area contributed by atoms with E-state index in [2.05, 4.69) is 16.4 Å². The fraction of sp³-hybridized carbons (Fsp3) is 0.615. The van der Waals surface area contributed by atoms with E-state index >= 15 is 0 Å². The van der Waals surface area contributed by atoms with E-state index in [0.717, 1.165) is 6.42 Å². The molecule has 21 heavy (non-hydrogen) atoms. The Bertz CT molecular complexity index is 534. The summed E-state index contributed by atoms with van der Waals surface area (Å²) in [5, 5.41) is 5.02. The van der Waals surface area contributed by atoms with Crippen molar-refractivity contribution in [3.63, 3.8) is 0 Å². The van der Waals surface area contributed by atoms with E-state index in [1.54, 1.807) is 32.1 Å². The van der Waals surface area contributed by atoms with Crippen LogP contribution in [0.2, 0.25) is 0 Å². The molecule has 0 saturated carbocycles. The Morgan fingerprint density at radius 1 is 1.43 bits per heavy atom. The fourth-order valence-electron chi connectivity index (χ4n) is 1.42. The van der Waals surface area contributed by atoms with Gasteiger partial charge in [-0.1, -0.05) is 6.07 Å². The van der Waals surface area contributed by atoms with Gasteiger partial charge in [0.2, 0.25) is 0 Å². The van der Waals surface area contributed by atoms with E-state index in [4.69, 9.17) is 5.73 Å². The summed E-state index contributed by atoms with van der Waals surface area (Å²) < 4.78 is 23.0. The van der Waals surface area contributed by atoms with Gasteiger partial charge in [-0.15, -0.1) is 35.3 Å². The third-order valence-corrected chi connectivity index (χ3v) is 6.36. The maximum absolute atomic E-state index is 11.9. The molecule has 0 amide bonds. The van der Waals surface area contributed by atoms with Gasteiger partial charge in [0.25, 0.3) is 0 Å². The van der Waals surface area contributed by atoms with Crippen molar-refractivity contribution in [2.75, 3.05) is 18.8 Å². The Kier molecular flexibility index (Phi) is 8.79. The lowest BCUT2D eigenvalue weighted by Gasteiger charge is -2.18. The molecule has 3 N–H and O–H groups in total. The van der Waals surface area contributed by atoms with Crippen LogP contribution in [0.4, 0.5) is 0 Å². The normalized spacial score (nSPS) is 12.8. The number of guanidine groups is 1. The van der Waals surface area contributed by atoms with Crippen LogP contribution in [-0.2, 0) is 16.3 Å². The molecule has 1 aromatic rings. The van der Waals surface area contributed by atoms with E-state index in [1.807, 2.05) is 11.4 Å². The zero-order valence-corrected chi connectivity index (χ0v) is 16.6. The fourth-order valence-corrected chi connectivity index (χ4v) is 3.07. The van der Waals surface area contributed by atoms with Gasteiger partial charge < -0.3 is 11.1 Å². The summed E-state index contributed by atoms with van der Waals surface area (Å²) >= 11 is 1.70. The molecule has 0 aliphatic carbocycles. The molecular weight excluding hydrogens is 421 g/mol. The Hall–Kier alpha value is -0.350. The number of rotatable bonds is 6. The smallest absolute Gasteiger partial charge is 0.188 e. The Labute approximate surface area is 148 Å². The molecular formula is C13H24IN3O2S2. The molecule has 0 aromatic carbocycles. The lowest BCUT2D eigenvalue weighted by Crippen LogP contribution is -2.35. The number of hydrogen-bond acceptors (Lipinski definition) is 4. The van der Waals surface area contributed by atoms with Crippen LogP contribution < -0.4 is 11.1 Å². The number of hydrogen-bond donors (Lipinski definition) is 2. The summed E-state index contributed by atoms with van der Waals surface area (Å²) in [5.74, 6) is 0.315. The Balaban J connectivity index is 0.00000400. The first-order valence-corrected chi connectivity index (χ1v) is 9.04. The highest BCUT2D eigenvalue weighted by atomic mass is 127. The molecule has 0 atom stereocenters. The van der Waals surface area contributed by atoms with Gasteiger partial charge in [0.1, 0.15) is 0 Å². The van der Waals surface area contributed by atoms with Gasteiger partial charge >= 0.3 is 0 Å². The van der Waals surface area contributed by atoms with Gasteiger partial charge in [0, 0.05) is 11.4 Å². The quantitative estimate of drug-likeness (QED) is 0.399. The van der Waals surface area contributed by atoms with E-state index in [-0.39, 0.29) is 36.3 Å². The first-order valence-electron chi connectivity index (χ1n) is 6.51. The predicted molar refractivity (Wildman–Crippen MR) is 101 cm³/mol. The lowest BCUT2D eigenvalue weighted by molar-refractivity contribution is 0.560. The predicted octanol–water partition coefficient (Wildman–Crippen LogP) is 2.03. The minimum absolute atomic E-state index is 0. The maximum Gasteiger partial charge on any atom is 0.188 e. The van der Waals surface area contributed by atoms with Crippen molar-refractivity contribution in [1.29, 1.82) is 0 Å². The molecule has 5 nitrogen and oxygen atoms in total. The summed E-state index contributed by atoms with van der Waals surface area (Å²) in [6.45, 7) is 5.96. The molecule has 1 aromatic heterocycles. The monoisotopic (exact) mass is 445 g/mol. The topological polar surface area (TPSA) is 84.5 Å². The van der Waals surface area contributed by atoms with Gasteiger partial charge in [0.15, 0.2) is 15.8 Å². The van der Waals surface area contributed by atoms with Gasteiger partial charge in [-0.2, -0.15) is 0 Å². The minimum Gasteiger partial charge on any atom is -0.370 e. The van der Waals surface area contributed by atoms with Crippen molar-refractivity contribution in [2.24, 2.45) is 10.7 Å². The molecule has 0 fully saturated rings. The third kappa shape index (κ3) is 7.46. The zero-order valence-electron chi connectivity index (χ0n) is 12.6. The molecule has 8 heteroatoms. The Morgan fingerprint density at radius 2 is 2.10 bits per heavy atom. The highest BCUT2D eigenvalue weighted by Crippen LogP contribution is 2.15. The van der Waals surface area contributed by atoms with E-state index in [1.165, 1.54) is 4.88 Å². The van der Waals surface area contributed by atoms with Crippen molar-refractivity contribution in [3.05, 3.63) is 22.4 Å². The van der Waals surface area contributed by atoms with Crippen molar-refractivity contribution in [3.8, 4) is 0 Å². The lowest BCUT2D eigenvalue weighted by atomic mass is 10.3. The maximum atomic E-state index is 11.9. The molecule has 0 aliphatic rings. The van der Waals surface area contributed by atoms with E-state index < -0.39 is 14.6 Å². The van der Waals surface area contributed by atoms with Crippen molar-refractivity contribution < 1.29 is 8.42 Å². The molecule has 122 valence electrons. The van der Waals surface area contributed by atoms with Crippen molar-refractivity contribution >= 4 is 51.1 Å². The largest absolute Gasteiger partial charge is 0.370 e. The highest BCUT2D eigenvalue weighted by Gasteiger charge is 2.28.